The molecule has 1 aromatic rings. The molecule has 3 fully saturated rings. The average Bonchev–Trinajstić information content (AvgIpc) is 2.99. The zero-order chi connectivity index (χ0) is 18.2. The summed E-state index contributed by atoms with van der Waals surface area (Å²) in [6, 6.07) is 6.71. The number of likely N-dealkylation sites (tertiary alicyclic amines) is 1. The van der Waals surface area contributed by atoms with Crippen LogP contribution in [0.1, 0.15) is 36.8 Å². The lowest BCUT2D eigenvalue weighted by atomic mass is 9.85. The van der Waals surface area contributed by atoms with Crippen LogP contribution in [0, 0.1) is 6.92 Å². The van der Waals surface area contributed by atoms with Crippen molar-refractivity contribution in [2.24, 2.45) is 0 Å². The number of rotatable bonds is 3. The molecule has 1 aromatic carbocycles. The molecule has 6 heteroatoms. The minimum absolute atomic E-state index is 0.277. The average molecular weight is 378 g/mol. The Hall–Kier alpha value is -1.11. The molecule has 26 heavy (non-hydrogen) atoms. The maximum Gasteiger partial charge on any atom is 0.153 e. The smallest absolute Gasteiger partial charge is 0.153 e. The first-order valence-corrected chi connectivity index (χ1v) is 11.8. The van der Waals surface area contributed by atoms with Crippen LogP contribution in [0.4, 0.5) is 5.69 Å². The van der Waals surface area contributed by atoms with Crippen molar-refractivity contribution in [3.05, 3.63) is 29.3 Å². The number of piperidine rings is 1. The summed E-state index contributed by atoms with van der Waals surface area (Å²) in [7, 11) is -2.85. The maximum atomic E-state index is 11.8. The summed E-state index contributed by atoms with van der Waals surface area (Å²) in [4.78, 5) is 5.00. The summed E-state index contributed by atoms with van der Waals surface area (Å²) in [5, 5.41) is 3.51. The van der Waals surface area contributed by atoms with E-state index in [0.29, 0.717) is 18.6 Å². The first-order valence-electron chi connectivity index (χ1n) is 9.98. The normalized spacial score (nSPS) is 25.7. The molecule has 3 saturated heterocycles. The summed E-state index contributed by atoms with van der Waals surface area (Å²) in [5.41, 5.74) is 4.22. The molecule has 0 saturated carbocycles. The van der Waals surface area contributed by atoms with E-state index >= 15 is 0 Å². The van der Waals surface area contributed by atoms with Crippen LogP contribution in [0.25, 0.3) is 0 Å². The standard InChI is InChI=1S/C20H31N3O2S/c1-17-3-4-18(19(15-17)22-11-13-26(24,25)14-12-22)16-23-10-2-5-20(23)6-8-21-9-7-20/h3-4,15,21H,2,5-14,16H2,1H3. The van der Waals surface area contributed by atoms with E-state index in [1.54, 1.807) is 0 Å². The summed E-state index contributed by atoms with van der Waals surface area (Å²) in [6.45, 7) is 7.78. The molecular formula is C20H31N3O2S. The van der Waals surface area contributed by atoms with Gasteiger partial charge in [0, 0.05) is 30.9 Å². The maximum absolute atomic E-state index is 11.8. The van der Waals surface area contributed by atoms with Crippen molar-refractivity contribution in [1.29, 1.82) is 0 Å². The third kappa shape index (κ3) is 3.64. The molecule has 5 nitrogen and oxygen atoms in total. The first-order chi connectivity index (χ1) is 12.5. The Kier molecular flexibility index (Phi) is 5.01. The van der Waals surface area contributed by atoms with Crippen molar-refractivity contribution in [3.63, 3.8) is 0 Å². The van der Waals surface area contributed by atoms with Gasteiger partial charge in [0.1, 0.15) is 0 Å². The van der Waals surface area contributed by atoms with Gasteiger partial charge in [-0.25, -0.2) is 8.42 Å². The summed E-state index contributed by atoms with van der Waals surface area (Å²) < 4.78 is 23.6. The lowest BCUT2D eigenvalue weighted by Crippen LogP contribution is -2.50. The topological polar surface area (TPSA) is 52.6 Å². The number of aryl methyl sites for hydroxylation is 1. The minimum Gasteiger partial charge on any atom is -0.369 e. The van der Waals surface area contributed by atoms with Gasteiger partial charge in [-0.05, 0) is 69.4 Å². The Balaban J connectivity index is 1.57. The van der Waals surface area contributed by atoms with Crippen LogP contribution >= 0.6 is 0 Å². The van der Waals surface area contributed by atoms with Crippen molar-refractivity contribution in [3.8, 4) is 0 Å². The van der Waals surface area contributed by atoms with Gasteiger partial charge in [-0.15, -0.1) is 0 Å². The second kappa shape index (κ2) is 7.13. The highest BCUT2D eigenvalue weighted by Crippen LogP contribution is 2.39. The van der Waals surface area contributed by atoms with Crippen LogP contribution in [0.3, 0.4) is 0 Å². The molecule has 0 bridgehead atoms. The number of nitrogens with zero attached hydrogens (tertiary/aromatic N) is 2. The molecule has 4 rings (SSSR count). The number of nitrogens with one attached hydrogen (secondary N) is 1. The molecule has 1 N–H and O–H groups in total. The summed E-state index contributed by atoms with van der Waals surface area (Å²) >= 11 is 0. The lowest BCUT2D eigenvalue weighted by Gasteiger charge is -2.42. The van der Waals surface area contributed by atoms with Crippen LogP contribution in [-0.4, -0.2) is 63.1 Å². The highest BCUT2D eigenvalue weighted by Gasteiger charge is 2.41. The molecule has 3 heterocycles. The molecule has 144 valence electrons. The van der Waals surface area contributed by atoms with E-state index in [9.17, 15) is 8.42 Å². The third-order valence-electron chi connectivity index (χ3n) is 6.56. The third-order valence-corrected chi connectivity index (χ3v) is 8.17. The molecule has 3 aliphatic heterocycles. The Morgan fingerprint density at radius 2 is 1.81 bits per heavy atom. The Morgan fingerprint density at radius 3 is 2.54 bits per heavy atom. The molecule has 0 radical (unpaired) electrons. The van der Waals surface area contributed by atoms with Crippen LogP contribution in [0.15, 0.2) is 18.2 Å². The largest absolute Gasteiger partial charge is 0.369 e. The van der Waals surface area contributed by atoms with E-state index in [4.69, 9.17) is 0 Å². The molecule has 0 unspecified atom stereocenters. The summed E-state index contributed by atoms with van der Waals surface area (Å²) in [5.74, 6) is 0.555. The van der Waals surface area contributed by atoms with Gasteiger partial charge in [0.15, 0.2) is 9.84 Å². The fourth-order valence-corrected chi connectivity index (χ4v) is 6.16. The van der Waals surface area contributed by atoms with Crippen LogP contribution in [0.2, 0.25) is 0 Å². The van der Waals surface area contributed by atoms with Crippen molar-refractivity contribution >= 4 is 15.5 Å². The van der Waals surface area contributed by atoms with Gasteiger partial charge in [-0.1, -0.05) is 12.1 Å². The predicted molar refractivity (Wildman–Crippen MR) is 107 cm³/mol. The van der Waals surface area contributed by atoms with E-state index in [0.717, 1.165) is 19.6 Å². The molecule has 3 aliphatic rings. The Bertz CT molecular complexity index is 742. The Morgan fingerprint density at radius 1 is 1.08 bits per heavy atom. The van der Waals surface area contributed by atoms with Gasteiger partial charge in [-0.3, -0.25) is 4.90 Å². The molecule has 0 atom stereocenters. The predicted octanol–water partition coefficient (Wildman–Crippen LogP) is 1.95. The Labute approximate surface area is 157 Å². The number of sulfone groups is 1. The first kappa shape index (κ1) is 18.3. The van der Waals surface area contributed by atoms with Gasteiger partial charge < -0.3 is 10.2 Å². The molecular weight excluding hydrogens is 346 g/mol. The second-order valence-electron chi connectivity index (χ2n) is 8.27. The van der Waals surface area contributed by atoms with Gasteiger partial charge in [0.25, 0.3) is 0 Å². The molecule has 0 aromatic heterocycles. The minimum atomic E-state index is -2.85. The second-order valence-corrected chi connectivity index (χ2v) is 10.6. The van der Waals surface area contributed by atoms with E-state index in [2.05, 4.69) is 40.2 Å². The lowest BCUT2D eigenvalue weighted by molar-refractivity contribution is 0.0929. The fraction of sp³-hybridized carbons (Fsp3) is 0.700. The van der Waals surface area contributed by atoms with Gasteiger partial charge in [0.2, 0.25) is 0 Å². The number of anilines is 1. The highest BCUT2D eigenvalue weighted by molar-refractivity contribution is 7.91. The van der Waals surface area contributed by atoms with Crippen LogP contribution < -0.4 is 10.2 Å². The van der Waals surface area contributed by atoms with Crippen molar-refractivity contribution in [1.82, 2.24) is 10.2 Å². The SMILES string of the molecule is Cc1ccc(CN2CCCC23CCNCC3)c(N2CCS(=O)(=O)CC2)c1. The zero-order valence-electron chi connectivity index (χ0n) is 15.8. The summed E-state index contributed by atoms with van der Waals surface area (Å²) in [6.07, 6.45) is 5.10. The fourth-order valence-electron chi connectivity index (χ4n) is 4.96. The van der Waals surface area contributed by atoms with E-state index in [1.165, 1.54) is 49.0 Å². The molecule has 0 aliphatic carbocycles. The van der Waals surface area contributed by atoms with Crippen LogP contribution in [-0.2, 0) is 16.4 Å². The zero-order valence-corrected chi connectivity index (χ0v) is 16.7. The van der Waals surface area contributed by atoms with E-state index in [1.807, 2.05) is 0 Å². The van der Waals surface area contributed by atoms with E-state index < -0.39 is 9.84 Å². The number of benzene rings is 1. The van der Waals surface area contributed by atoms with Gasteiger partial charge >= 0.3 is 0 Å². The van der Waals surface area contributed by atoms with Crippen molar-refractivity contribution in [2.45, 2.75) is 44.7 Å². The van der Waals surface area contributed by atoms with Gasteiger partial charge in [0.05, 0.1) is 11.5 Å². The van der Waals surface area contributed by atoms with Gasteiger partial charge in [-0.2, -0.15) is 0 Å². The highest BCUT2D eigenvalue weighted by atomic mass is 32.2. The number of hydrogen-bond donors (Lipinski definition) is 1. The van der Waals surface area contributed by atoms with E-state index in [-0.39, 0.29) is 11.5 Å². The molecule has 0 amide bonds. The van der Waals surface area contributed by atoms with Crippen LogP contribution in [0.5, 0.6) is 0 Å². The van der Waals surface area contributed by atoms with Crippen molar-refractivity contribution < 1.29 is 8.42 Å². The monoisotopic (exact) mass is 377 g/mol. The quantitative estimate of drug-likeness (QED) is 0.873. The van der Waals surface area contributed by atoms with Crippen molar-refractivity contribution in [2.75, 3.05) is 49.1 Å². The molecule has 1 spiro atoms. The number of hydrogen-bond acceptors (Lipinski definition) is 5.